The lowest BCUT2D eigenvalue weighted by atomic mass is 9.46. The summed E-state index contributed by atoms with van der Waals surface area (Å²) < 4.78 is 11.1. The molecule has 0 bridgehead atoms. The minimum Gasteiger partial charge on any atom is -0.466 e. The predicted octanol–water partition coefficient (Wildman–Crippen LogP) is 6.74. The van der Waals surface area contributed by atoms with Crippen LogP contribution < -0.4 is 0 Å². The Morgan fingerprint density at radius 3 is 2.55 bits per heavy atom. The van der Waals surface area contributed by atoms with E-state index < -0.39 is 6.10 Å². The summed E-state index contributed by atoms with van der Waals surface area (Å²) >= 11 is 0. The third-order valence-electron chi connectivity index (χ3n) is 11.2. The smallest absolute Gasteiger partial charge is 0.338 e. The number of hydrogen-bond acceptors (Lipinski definition) is 5. The number of carbonyl (C=O) groups excluding carboxylic acids is 2. The van der Waals surface area contributed by atoms with Gasteiger partial charge in [-0.3, -0.25) is 4.79 Å². The van der Waals surface area contributed by atoms with E-state index in [2.05, 4.69) is 26.8 Å². The minimum atomic E-state index is -0.440. The van der Waals surface area contributed by atoms with Crippen molar-refractivity contribution in [1.29, 1.82) is 0 Å². The highest BCUT2D eigenvalue weighted by atomic mass is 16.5. The number of hydrogen-bond donors (Lipinski definition) is 1. The lowest BCUT2D eigenvalue weighted by Crippen LogP contribution is -2.55. The fourth-order valence-corrected chi connectivity index (χ4v) is 9.26. The largest absolute Gasteiger partial charge is 0.466 e. The average Bonchev–Trinajstić information content (AvgIpc) is 3.26. The summed E-state index contributed by atoms with van der Waals surface area (Å²) in [4.78, 5) is 24.7. The van der Waals surface area contributed by atoms with Crippen LogP contribution in [0.3, 0.4) is 0 Å². The van der Waals surface area contributed by atoms with Crippen LogP contribution in [0.2, 0.25) is 0 Å². The van der Waals surface area contributed by atoms with E-state index in [0.29, 0.717) is 42.3 Å². The molecule has 0 spiro atoms. The molecule has 1 aromatic carbocycles. The summed E-state index contributed by atoms with van der Waals surface area (Å²) in [5.41, 5.74) is 2.16. The third-order valence-corrected chi connectivity index (χ3v) is 11.2. The molecule has 0 unspecified atom stereocenters. The first-order valence-electron chi connectivity index (χ1n) is 15.0. The maximum Gasteiger partial charge on any atom is 0.338 e. The molecule has 5 rings (SSSR count). The van der Waals surface area contributed by atoms with Crippen LogP contribution in [-0.2, 0) is 14.3 Å². The van der Waals surface area contributed by atoms with Gasteiger partial charge in [0.1, 0.15) is 6.10 Å². The van der Waals surface area contributed by atoms with E-state index in [1.807, 2.05) is 25.1 Å². The molecular weight excluding hydrogens is 476 g/mol. The molecule has 38 heavy (non-hydrogen) atoms. The minimum absolute atomic E-state index is 0.0640. The van der Waals surface area contributed by atoms with Gasteiger partial charge in [0, 0.05) is 12.8 Å². The van der Waals surface area contributed by atoms with Gasteiger partial charge in [0.25, 0.3) is 0 Å². The first-order valence-corrected chi connectivity index (χ1v) is 15.0. The van der Waals surface area contributed by atoms with E-state index in [1.54, 1.807) is 12.1 Å². The Bertz CT molecular complexity index is 1050. The van der Waals surface area contributed by atoms with Crippen LogP contribution in [0.5, 0.6) is 0 Å². The Labute approximate surface area is 228 Å². The second-order valence-corrected chi connectivity index (χ2v) is 13.1. The number of fused-ring (bicyclic) bond motifs is 5. The number of rotatable bonds is 7. The Kier molecular flexibility index (Phi) is 7.79. The molecule has 4 aliphatic rings. The second kappa shape index (κ2) is 10.8. The third kappa shape index (κ3) is 4.85. The highest BCUT2D eigenvalue weighted by Crippen LogP contribution is 2.67. The van der Waals surface area contributed by atoms with Crippen molar-refractivity contribution in [3.8, 4) is 0 Å². The van der Waals surface area contributed by atoms with Gasteiger partial charge in [-0.1, -0.05) is 50.6 Å². The molecule has 0 heterocycles. The average molecular weight is 523 g/mol. The molecule has 0 amide bonds. The maximum atomic E-state index is 12.7. The first kappa shape index (κ1) is 27.4. The standard InChI is InChI=1S/C33H46O5/c1-5-37-29(35)14-11-21(2)25-12-13-26-30-27(16-18-33(25,26)4)32(3)17-15-24(19-23(32)20-28(30)34)38-31(36)22-9-7-6-8-10-22/h6-10,20-21,24-28,30,34H,5,11-19H2,1-4H3/t21-,24-,25-,26+,27+,28-,30+,32+,33-/m1/s1. The molecular formula is C33H46O5. The Morgan fingerprint density at radius 1 is 1.05 bits per heavy atom. The van der Waals surface area contributed by atoms with Crippen molar-refractivity contribution < 1.29 is 24.2 Å². The fourth-order valence-electron chi connectivity index (χ4n) is 9.26. The predicted molar refractivity (Wildman–Crippen MR) is 147 cm³/mol. The maximum absolute atomic E-state index is 12.7. The van der Waals surface area contributed by atoms with Gasteiger partial charge < -0.3 is 14.6 Å². The normalized spacial score (nSPS) is 38.7. The van der Waals surface area contributed by atoms with Gasteiger partial charge in [-0.05, 0) is 104 Å². The SMILES string of the molecule is CCOC(=O)CC[C@@H](C)[C@H]1CC[C@H]2[C@@H]3[C@H](O)C=C4C[C@H](OC(=O)c5ccccc5)CC[C@]4(C)[C@H]3CC[C@]12C. The lowest BCUT2D eigenvalue weighted by Gasteiger charge is -2.59. The highest BCUT2D eigenvalue weighted by molar-refractivity contribution is 5.89. The van der Waals surface area contributed by atoms with Crippen molar-refractivity contribution in [3.63, 3.8) is 0 Å². The van der Waals surface area contributed by atoms with E-state index in [0.717, 1.165) is 32.1 Å². The van der Waals surface area contributed by atoms with Crippen LogP contribution in [0.15, 0.2) is 42.0 Å². The molecule has 0 saturated heterocycles. The summed E-state index contributed by atoms with van der Waals surface area (Å²) in [5.74, 6) is 1.99. The van der Waals surface area contributed by atoms with Crippen molar-refractivity contribution in [2.24, 2.45) is 40.4 Å². The summed E-state index contributed by atoms with van der Waals surface area (Å²) in [6.45, 7) is 9.51. The van der Waals surface area contributed by atoms with Crippen LogP contribution in [-0.4, -0.2) is 35.9 Å². The molecule has 208 valence electrons. The second-order valence-electron chi connectivity index (χ2n) is 13.1. The monoisotopic (exact) mass is 522 g/mol. The van der Waals surface area contributed by atoms with Gasteiger partial charge in [-0.25, -0.2) is 4.79 Å². The molecule has 1 aromatic rings. The fraction of sp³-hybridized carbons (Fsp3) is 0.697. The lowest BCUT2D eigenvalue weighted by molar-refractivity contribution is -0.143. The molecule has 1 N–H and O–H groups in total. The molecule has 9 atom stereocenters. The Balaban J connectivity index is 1.29. The summed E-state index contributed by atoms with van der Waals surface area (Å²) in [6.07, 6.45) is 10.2. The first-order chi connectivity index (χ1) is 18.2. The zero-order chi connectivity index (χ0) is 27.1. The molecule has 4 aliphatic carbocycles. The zero-order valence-electron chi connectivity index (χ0n) is 23.7. The molecule has 3 saturated carbocycles. The van der Waals surface area contributed by atoms with Gasteiger partial charge in [0.05, 0.1) is 18.3 Å². The molecule has 5 heteroatoms. The van der Waals surface area contributed by atoms with Gasteiger partial charge in [-0.2, -0.15) is 0 Å². The van der Waals surface area contributed by atoms with Crippen LogP contribution in [0.25, 0.3) is 0 Å². The van der Waals surface area contributed by atoms with E-state index >= 15 is 0 Å². The summed E-state index contributed by atoms with van der Waals surface area (Å²) in [5, 5.41) is 11.6. The van der Waals surface area contributed by atoms with Crippen molar-refractivity contribution in [2.75, 3.05) is 6.61 Å². The van der Waals surface area contributed by atoms with E-state index in [4.69, 9.17) is 9.47 Å². The topological polar surface area (TPSA) is 72.8 Å². The number of aliphatic hydroxyl groups is 1. The summed E-state index contributed by atoms with van der Waals surface area (Å²) in [7, 11) is 0. The van der Waals surface area contributed by atoms with Crippen LogP contribution in [0.1, 0.15) is 95.8 Å². The van der Waals surface area contributed by atoms with Crippen molar-refractivity contribution in [3.05, 3.63) is 47.5 Å². The molecule has 3 fully saturated rings. The van der Waals surface area contributed by atoms with Crippen LogP contribution >= 0.6 is 0 Å². The van der Waals surface area contributed by atoms with E-state index in [-0.39, 0.29) is 34.8 Å². The summed E-state index contributed by atoms with van der Waals surface area (Å²) in [6, 6.07) is 9.23. The van der Waals surface area contributed by atoms with Crippen molar-refractivity contribution >= 4 is 11.9 Å². The number of ether oxygens (including phenoxy) is 2. The van der Waals surface area contributed by atoms with Crippen LogP contribution in [0.4, 0.5) is 0 Å². The molecule has 5 nitrogen and oxygen atoms in total. The van der Waals surface area contributed by atoms with Crippen molar-refractivity contribution in [2.45, 2.75) is 97.7 Å². The molecule has 0 aliphatic heterocycles. The van der Waals surface area contributed by atoms with Gasteiger partial charge in [0.2, 0.25) is 0 Å². The molecule has 0 aromatic heterocycles. The Morgan fingerprint density at radius 2 is 1.82 bits per heavy atom. The number of benzene rings is 1. The van der Waals surface area contributed by atoms with Gasteiger partial charge >= 0.3 is 11.9 Å². The van der Waals surface area contributed by atoms with Gasteiger partial charge in [0.15, 0.2) is 0 Å². The Hall–Kier alpha value is -2.14. The molecule has 0 radical (unpaired) electrons. The number of aliphatic hydroxyl groups excluding tert-OH is 1. The quantitative estimate of drug-likeness (QED) is 0.317. The highest BCUT2D eigenvalue weighted by Gasteiger charge is 2.61. The van der Waals surface area contributed by atoms with Crippen LogP contribution in [0, 0.1) is 40.4 Å². The number of esters is 2. The zero-order valence-corrected chi connectivity index (χ0v) is 23.7. The van der Waals surface area contributed by atoms with E-state index in [1.165, 1.54) is 24.8 Å². The van der Waals surface area contributed by atoms with Gasteiger partial charge in [-0.15, -0.1) is 0 Å². The number of carbonyl (C=O) groups is 2. The van der Waals surface area contributed by atoms with Crippen molar-refractivity contribution in [1.82, 2.24) is 0 Å². The van der Waals surface area contributed by atoms with E-state index in [9.17, 15) is 14.7 Å².